The molecule has 0 aromatic carbocycles. The standard InChI is InChI=1S/C9H14ClN3O/c1-2-6(11)8(14)5-3-7(12)9(10)13-4-5/h3-4,6,8,14H,2,11-12H2,1H3. The van der Waals surface area contributed by atoms with Crippen LogP contribution in [0.5, 0.6) is 0 Å². The first kappa shape index (κ1) is 11.2. The molecule has 5 heteroatoms. The maximum Gasteiger partial charge on any atom is 0.151 e. The van der Waals surface area contributed by atoms with E-state index in [4.69, 9.17) is 23.1 Å². The fourth-order valence-corrected chi connectivity index (χ4v) is 1.22. The molecule has 0 saturated carbocycles. The van der Waals surface area contributed by atoms with Crippen LogP contribution in [0.15, 0.2) is 12.3 Å². The van der Waals surface area contributed by atoms with Crippen LogP contribution in [-0.4, -0.2) is 16.1 Å². The molecule has 0 aliphatic carbocycles. The number of aliphatic hydroxyl groups is 1. The van der Waals surface area contributed by atoms with Crippen molar-refractivity contribution in [2.24, 2.45) is 5.73 Å². The number of nitrogen functional groups attached to an aromatic ring is 1. The SMILES string of the molecule is CCC(N)C(O)c1cnc(Cl)c(N)c1. The highest BCUT2D eigenvalue weighted by Crippen LogP contribution is 2.22. The number of halogens is 1. The zero-order valence-corrected chi connectivity index (χ0v) is 8.70. The van der Waals surface area contributed by atoms with E-state index in [-0.39, 0.29) is 11.2 Å². The van der Waals surface area contributed by atoms with Gasteiger partial charge in [-0.05, 0) is 12.5 Å². The number of nitrogens with zero attached hydrogens (tertiary/aromatic N) is 1. The Hall–Kier alpha value is -0.840. The van der Waals surface area contributed by atoms with Crippen molar-refractivity contribution in [2.45, 2.75) is 25.5 Å². The predicted octanol–water partition coefficient (Wildman–Crippen LogP) is 1.09. The summed E-state index contributed by atoms with van der Waals surface area (Å²) in [5.74, 6) is 0. The minimum absolute atomic E-state index is 0.242. The Morgan fingerprint density at radius 2 is 2.29 bits per heavy atom. The molecule has 14 heavy (non-hydrogen) atoms. The topological polar surface area (TPSA) is 85.2 Å². The molecule has 0 aliphatic heterocycles. The van der Waals surface area contributed by atoms with E-state index in [9.17, 15) is 5.11 Å². The molecule has 0 spiro atoms. The molecular weight excluding hydrogens is 202 g/mol. The summed E-state index contributed by atoms with van der Waals surface area (Å²) in [7, 11) is 0. The van der Waals surface area contributed by atoms with Gasteiger partial charge in [0, 0.05) is 17.8 Å². The Kier molecular flexibility index (Phi) is 3.69. The van der Waals surface area contributed by atoms with Crippen LogP contribution in [0.1, 0.15) is 25.0 Å². The van der Waals surface area contributed by atoms with Gasteiger partial charge in [-0.2, -0.15) is 0 Å². The number of anilines is 1. The summed E-state index contributed by atoms with van der Waals surface area (Å²) in [6, 6.07) is 1.28. The number of nitrogens with two attached hydrogens (primary N) is 2. The molecule has 0 saturated heterocycles. The molecule has 0 bridgehead atoms. The molecule has 0 fully saturated rings. The zero-order valence-electron chi connectivity index (χ0n) is 7.94. The predicted molar refractivity (Wildman–Crippen MR) is 56.9 cm³/mol. The van der Waals surface area contributed by atoms with E-state index in [1.54, 1.807) is 6.07 Å². The maximum atomic E-state index is 9.74. The van der Waals surface area contributed by atoms with Gasteiger partial charge in [0.25, 0.3) is 0 Å². The lowest BCUT2D eigenvalue weighted by Gasteiger charge is -2.17. The lowest BCUT2D eigenvalue weighted by Crippen LogP contribution is -2.27. The van der Waals surface area contributed by atoms with Crippen molar-refractivity contribution in [1.29, 1.82) is 0 Å². The van der Waals surface area contributed by atoms with E-state index in [1.807, 2.05) is 6.92 Å². The lowest BCUT2D eigenvalue weighted by molar-refractivity contribution is 0.144. The maximum absolute atomic E-state index is 9.74. The molecule has 5 N–H and O–H groups in total. The number of hydrogen-bond donors (Lipinski definition) is 3. The van der Waals surface area contributed by atoms with Gasteiger partial charge in [-0.1, -0.05) is 18.5 Å². The summed E-state index contributed by atoms with van der Waals surface area (Å²) < 4.78 is 0. The normalized spacial score (nSPS) is 15.1. The van der Waals surface area contributed by atoms with E-state index >= 15 is 0 Å². The van der Waals surface area contributed by atoms with Crippen molar-refractivity contribution >= 4 is 17.3 Å². The third kappa shape index (κ3) is 2.35. The van der Waals surface area contributed by atoms with Crippen LogP contribution >= 0.6 is 11.6 Å². The first-order valence-electron chi connectivity index (χ1n) is 4.40. The molecule has 2 unspecified atom stereocenters. The third-order valence-electron chi connectivity index (χ3n) is 2.11. The van der Waals surface area contributed by atoms with Gasteiger partial charge in [0.05, 0.1) is 11.8 Å². The highest BCUT2D eigenvalue weighted by atomic mass is 35.5. The average molecular weight is 216 g/mol. The van der Waals surface area contributed by atoms with Crippen LogP contribution in [0, 0.1) is 0 Å². The van der Waals surface area contributed by atoms with Crippen molar-refractivity contribution < 1.29 is 5.11 Å². The van der Waals surface area contributed by atoms with E-state index in [2.05, 4.69) is 4.98 Å². The first-order chi connectivity index (χ1) is 6.56. The van der Waals surface area contributed by atoms with Crippen molar-refractivity contribution in [1.82, 2.24) is 4.98 Å². The Balaban J connectivity index is 2.91. The zero-order chi connectivity index (χ0) is 10.7. The summed E-state index contributed by atoms with van der Waals surface area (Å²) in [5.41, 5.74) is 12.2. The second-order valence-electron chi connectivity index (χ2n) is 3.17. The number of rotatable bonds is 3. The Morgan fingerprint density at radius 1 is 1.64 bits per heavy atom. The van der Waals surface area contributed by atoms with E-state index in [0.29, 0.717) is 17.7 Å². The molecule has 1 aromatic rings. The Morgan fingerprint density at radius 3 is 2.79 bits per heavy atom. The highest BCUT2D eigenvalue weighted by Gasteiger charge is 2.16. The van der Waals surface area contributed by atoms with Gasteiger partial charge in [0.2, 0.25) is 0 Å². The molecule has 1 rings (SSSR count). The van der Waals surface area contributed by atoms with Crippen LogP contribution < -0.4 is 11.5 Å². The fourth-order valence-electron chi connectivity index (χ4n) is 1.11. The van der Waals surface area contributed by atoms with Gasteiger partial charge < -0.3 is 16.6 Å². The van der Waals surface area contributed by atoms with Gasteiger partial charge in [0.1, 0.15) is 0 Å². The Bertz CT molecular complexity index is 319. The highest BCUT2D eigenvalue weighted by molar-refractivity contribution is 6.31. The average Bonchev–Trinajstić information content (AvgIpc) is 2.20. The number of aliphatic hydroxyl groups excluding tert-OH is 1. The largest absolute Gasteiger partial charge is 0.396 e. The van der Waals surface area contributed by atoms with Crippen molar-refractivity contribution in [3.63, 3.8) is 0 Å². The summed E-state index contributed by atoms with van der Waals surface area (Å²) in [6.45, 7) is 1.90. The molecule has 2 atom stereocenters. The minimum Gasteiger partial charge on any atom is -0.396 e. The smallest absolute Gasteiger partial charge is 0.151 e. The molecule has 4 nitrogen and oxygen atoms in total. The number of aromatic nitrogens is 1. The van der Waals surface area contributed by atoms with Crippen molar-refractivity contribution in [2.75, 3.05) is 5.73 Å². The van der Waals surface area contributed by atoms with Crippen LogP contribution in [0.25, 0.3) is 0 Å². The van der Waals surface area contributed by atoms with Gasteiger partial charge >= 0.3 is 0 Å². The lowest BCUT2D eigenvalue weighted by atomic mass is 10.0. The van der Waals surface area contributed by atoms with E-state index in [0.717, 1.165) is 0 Å². The molecule has 1 aromatic heterocycles. The van der Waals surface area contributed by atoms with Crippen molar-refractivity contribution in [3.8, 4) is 0 Å². The molecule has 1 heterocycles. The third-order valence-corrected chi connectivity index (χ3v) is 2.42. The second kappa shape index (κ2) is 4.59. The van der Waals surface area contributed by atoms with E-state index in [1.165, 1.54) is 6.20 Å². The van der Waals surface area contributed by atoms with Crippen molar-refractivity contribution in [3.05, 3.63) is 23.0 Å². The van der Waals surface area contributed by atoms with Gasteiger partial charge in [-0.25, -0.2) is 4.98 Å². The molecule has 0 amide bonds. The monoisotopic (exact) mass is 215 g/mol. The summed E-state index contributed by atoms with van der Waals surface area (Å²) in [5, 5.41) is 9.98. The summed E-state index contributed by atoms with van der Waals surface area (Å²) >= 11 is 5.65. The van der Waals surface area contributed by atoms with Gasteiger partial charge in [-0.3, -0.25) is 0 Å². The van der Waals surface area contributed by atoms with Crippen LogP contribution in [0.2, 0.25) is 5.15 Å². The van der Waals surface area contributed by atoms with Gasteiger partial charge in [0.15, 0.2) is 5.15 Å². The number of hydrogen-bond acceptors (Lipinski definition) is 4. The van der Waals surface area contributed by atoms with Crippen LogP contribution in [0.3, 0.4) is 0 Å². The van der Waals surface area contributed by atoms with E-state index < -0.39 is 6.10 Å². The number of pyridine rings is 1. The summed E-state index contributed by atoms with van der Waals surface area (Å²) in [6.07, 6.45) is 1.43. The molecule has 0 aliphatic rings. The molecule has 0 radical (unpaired) electrons. The first-order valence-corrected chi connectivity index (χ1v) is 4.78. The summed E-state index contributed by atoms with van der Waals surface area (Å²) in [4.78, 5) is 3.84. The Labute approximate surface area is 87.9 Å². The molecular formula is C9H14ClN3O. The van der Waals surface area contributed by atoms with Gasteiger partial charge in [-0.15, -0.1) is 0 Å². The minimum atomic E-state index is -0.743. The second-order valence-corrected chi connectivity index (χ2v) is 3.52. The quantitative estimate of drug-likeness (QED) is 0.659. The van der Waals surface area contributed by atoms with Crippen LogP contribution in [-0.2, 0) is 0 Å². The molecule has 78 valence electrons. The fraction of sp³-hybridized carbons (Fsp3) is 0.444. The van der Waals surface area contributed by atoms with Crippen LogP contribution in [0.4, 0.5) is 5.69 Å².